The molecule has 1 amide bonds. The van der Waals surface area contributed by atoms with Crippen LogP contribution in [0.2, 0.25) is 5.02 Å². The lowest BCUT2D eigenvalue weighted by Crippen LogP contribution is -2.57. The largest absolute Gasteiger partial charge is 0.489 e. The molecule has 148 valence electrons. The normalized spacial score (nSPS) is 24.1. The Balaban J connectivity index is 1.43. The summed E-state index contributed by atoms with van der Waals surface area (Å²) in [6, 6.07) is 11.3. The number of amides is 1. The third-order valence-electron chi connectivity index (χ3n) is 5.56. The lowest BCUT2D eigenvalue weighted by molar-refractivity contribution is -0.151. The number of fused-ring (bicyclic) bond motifs is 2. The Morgan fingerprint density at radius 1 is 1.11 bits per heavy atom. The molecule has 0 radical (unpaired) electrons. The van der Waals surface area contributed by atoms with Crippen LogP contribution in [0.25, 0.3) is 0 Å². The fourth-order valence-electron chi connectivity index (χ4n) is 4.32. The zero-order valence-electron chi connectivity index (χ0n) is 16.2. The van der Waals surface area contributed by atoms with Gasteiger partial charge < -0.3 is 14.4 Å². The topological polar surface area (TPSA) is 51.7 Å². The second-order valence-corrected chi connectivity index (χ2v) is 8.50. The SMILES string of the molecule is CC(C)(Oc1ccc(Cl)cc1)C(=O)N1C2CCC1CC(Oc1cccnc1)C2. The van der Waals surface area contributed by atoms with Gasteiger partial charge in [-0.3, -0.25) is 9.78 Å². The first-order chi connectivity index (χ1) is 13.4. The van der Waals surface area contributed by atoms with E-state index >= 15 is 0 Å². The highest BCUT2D eigenvalue weighted by Crippen LogP contribution is 2.39. The van der Waals surface area contributed by atoms with Crippen LogP contribution in [-0.2, 0) is 4.79 Å². The predicted molar refractivity (Wildman–Crippen MR) is 108 cm³/mol. The zero-order valence-corrected chi connectivity index (χ0v) is 16.9. The molecule has 3 heterocycles. The highest BCUT2D eigenvalue weighted by atomic mass is 35.5. The van der Waals surface area contributed by atoms with Crippen LogP contribution in [0.3, 0.4) is 0 Å². The van der Waals surface area contributed by atoms with Gasteiger partial charge in [-0.2, -0.15) is 0 Å². The molecule has 2 fully saturated rings. The number of piperidine rings is 1. The number of ether oxygens (including phenoxy) is 2. The first kappa shape index (κ1) is 19.1. The van der Waals surface area contributed by atoms with Gasteiger partial charge in [0.1, 0.15) is 17.6 Å². The maximum Gasteiger partial charge on any atom is 0.266 e. The molecule has 0 aliphatic carbocycles. The highest BCUT2D eigenvalue weighted by molar-refractivity contribution is 6.30. The minimum absolute atomic E-state index is 0.0368. The van der Waals surface area contributed by atoms with Gasteiger partial charge >= 0.3 is 0 Å². The zero-order chi connectivity index (χ0) is 19.7. The lowest BCUT2D eigenvalue weighted by atomic mass is 9.96. The monoisotopic (exact) mass is 400 g/mol. The van der Waals surface area contributed by atoms with Crippen LogP contribution >= 0.6 is 11.6 Å². The van der Waals surface area contributed by atoms with E-state index in [1.54, 1.807) is 36.7 Å². The van der Waals surface area contributed by atoms with Crippen molar-refractivity contribution >= 4 is 17.5 Å². The minimum Gasteiger partial charge on any atom is -0.489 e. The number of rotatable bonds is 5. The van der Waals surface area contributed by atoms with Crippen molar-refractivity contribution in [2.24, 2.45) is 0 Å². The standard InChI is InChI=1S/C22H25ClN2O3/c1-22(2,28-18-9-5-15(23)6-10-18)21(26)25-16-7-8-17(25)13-20(12-16)27-19-4-3-11-24-14-19/h3-6,9-11,14,16-17,20H,7-8,12-13H2,1-2H3. The van der Waals surface area contributed by atoms with Crippen molar-refractivity contribution in [3.05, 3.63) is 53.8 Å². The Hall–Kier alpha value is -2.27. The summed E-state index contributed by atoms with van der Waals surface area (Å²) >= 11 is 5.94. The third kappa shape index (κ3) is 3.95. The molecule has 2 aliphatic heterocycles. The van der Waals surface area contributed by atoms with Crippen LogP contribution in [0.4, 0.5) is 0 Å². The molecule has 2 atom stereocenters. The molecule has 0 saturated carbocycles. The molecule has 5 nitrogen and oxygen atoms in total. The van der Waals surface area contributed by atoms with Crippen molar-refractivity contribution in [2.45, 2.75) is 63.3 Å². The second-order valence-electron chi connectivity index (χ2n) is 8.06. The van der Waals surface area contributed by atoms with Crippen LogP contribution < -0.4 is 9.47 Å². The number of carbonyl (C=O) groups is 1. The second kappa shape index (κ2) is 7.63. The molecular weight excluding hydrogens is 376 g/mol. The molecule has 1 aromatic heterocycles. The van der Waals surface area contributed by atoms with Crippen LogP contribution in [0.15, 0.2) is 48.8 Å². The Kier molecular flexibility index (Phi) is 5.19. The molecule has 2 unspecified atom stereocenters. The number of aromatic nitrogens is 1. The number of pyridine rings is 1. The van der Waals surface area contributed by atoms with E-state index in [2.05, 4.69) is 4.98 Å². The molecule has 2 aliphatic rings. The van der Waals surface area contributed by atoms with E-state index in [0.29, 0.717) is 10.8 Å². The van der Waals surface area contributed by atoms with Gasteiger partial charge in [0.2, 0.25) is 0 Å². The first-order valence-electron chi connectivity index (χ1n) is 9.76. The molecule has 2 saturated heterocycles. The molecule has 6 heteroatoms. The summed E-state index contributed by atoms with van der Waals surface area (Å²) < 4.78 is 12.1. The van der Waals surface area contributed by atoms with Gasteiger partial charge in [-0.05, 0) is 63.1 Å². The Bertz CT molecular complexity index is 811. The number of nitrogens with zero attached hydrogens (tertiary/aromatic N) is 2. The molecule has 1 aromatic carbocycles. The number of hydrogen-bond donors (Lipinski definition) is 0. The van der Waals surface area contributed by atoms with Crippen LogP contribution in [0.1, 0.15) is 39.5 Å². The number of carbonyl (C=O) groups excluding carboxylic acids is 1. The van der Waals surface area contributed by atoms with Crippen molar-refractivity contribution in [3.8, 4) is 11.5 Å². The van der Waals surface area contributed by atoms with Gasteiger partial charge in [-0.1, -0.05) is 11.6 Å². The fraction of sp³-hybridized carbons (Fsp3) is 0.455. The first-order valence-corrected chi connectivity index (χ1v) is 10.1. The fourth-order valence-corrected chi connectivity index (χ4v) is 4.44. The number of benzene rings is 1. The Morgan fingerprint density at radius 3 is 2.39 bits per heavy atom. The molecule has 2 bridgehead atoms. The van der Waals surface area contributed by atoms with Gasteiger partial charge in [0.15, 0.2) is 5.60 Å². The molecular formula is C22H25ClN2O3. The molecule has 0 spiro atoms. The maximum atomic E-state index is 13.3. The van der Waals surface area contributed by atoms with E-state index in [-0.39, 0.29) is 24.1 Å². The number of halogens is 1. The average molecular weight is 401 g/mol. The smallest absolute Gasteiger partial charge is 0.266 e. The van der Waals surface area contributed by atoms with Gasteiger partial charge in [-0.15, -0.1) is 0 Å². The minimum atomic E-state index is -0.939. The summed E-state index contributed by atoms with van der Waals surface area (Å²) in [4.78, 5) is 19.5. The number of hydrogen-bond acceptors (Lipinski definition) is 4. The quantitative estimate of drug-likeness (QED) is 0.741. The lowest BCUT2D eigenvalue weighted by Gasteiger charge is -2.42. The van der Waals surface area contributed by atoms with E-state index in [1.165, 1.54) is 0 Å². The van der Waals surface area contributed by atoms with Gasteiger partial charge in [-0.25, -0.2) is 0 Å². The predicted octanol–water partition coefficient (Wildman–Crippen LogP) is 4.49. The molecule has 4 rings (SSSR count). The molecule has 28 heavy (non-hydrogen) atoms. The van der Waals surface area contributed by atoms with Gasteiger partial charge in [0.25, 0.3) is 5.91 Å². The Morgan fingerprint density at radius 2 is 1.79 bits per heavy atom. The Labute approximate surface area is 170 Å². The van der Waals surface area contributed by atoms with Crippen LogP contribution in [0, 0.1) is 0 Å². The van der Waals surface area contributed by atoms with E-state index in [9.17, 15) is 4.79 Å². The highest BCUT2D eigenvalue weighted by Gasteiger charge is 2.48. The summed E-state index contributed by atoms with van der Waals surface area (Å²) in [6.45, 7) is 3.67. The summed E-state index contributed by atoms with van der Waals surface area (Å²) in [7, 11) is 0. The van der Waals surface area contributed by atoms with Gasteiger partial charge in [0, 0.05) is 36.1 Å². The summed E-state index contributed by atoms with van der Waals surface area (Å²) in [5, 5.41) is 0.644. The van der Waals surface area contributed by atoms with Crippen molar-refractivity contribution in [3.63, 3.8) is 0 Å². The van der Waals surface area contributed by atoms with E-state index in [1.807, 2.05) is 30.9 Å². The van der Waals surface area contributed by atoms with Crippen LogP contribution in [0.5, 0.6) is 11.5 Å². The van der Waals surface area contributed by atoms with E-state index in [4.69, 9.17) is 21.1 Å². The van der Waals surface area contributed by atoms with Gasteiger partial charge in [0.05, 0.1) is 6.20 Å². The summed E-state index contributed by atoms with van der Waals surface area (Å²) in [5.41, 5.74) is -0.939. The summed E-state index contributed by atoms with van der Waals surface area (Å²) in [5.74, 6) is 1.47. The average Bonchev–Trinajstić information content (AvgIpc) is 2.94. The summed E-state index contributed by atoms with van der Waals surface area (Å²) in [6.07, 6.45) is 7.30. The molecule has 0 N–H and O–H groups in total. The van der Waals surface area contributed by atoms with Crippen LogP contribution in [-0.4, -0.2) is 39.6 Å². The van der Waals surface area contributed by atoms with Crippen molar-refractivity contribution < 1.29 is 14.3 Å². The van der Waals surface area contributed by atoms with E-state index in [0.717, 1.165) is 31.4 Å². The maximum absolute atomic E-state index is 13.3. The van der Waals surface area contributed by atoms with Crippen molar-refractivity contribution in [2.75, 3.05) is 0 Å². The van der Waals surface area contributed by atoms with E-state index < -0.39 is 5.60 Å². The molecule has 2 aromatic rings. The van der Waals surface area contributed by atoms with Crippen molar-refractivity contribution in [1.29, 1.82) is 0 Å². The third-order valence-corrected chi connectivity index (χ3v) is 5.82. The van der Waals surface area contributed by atoms with Crippen molar-refractivity contribution in [1.82, 2.24) is 9.88 Å².